The van der Waals surface area contributed by atoms with Crippen LogP contribution < -0.4 is 0 Å². The van der Waals surface area contributed by atoms with Gasteiger partial charge in [0.15, 0.2) is 6.10 Å². The molecular formula is C61H108O6. The minimum Gasteiger partial charge on any atom is -0.462 e. The molecular weight excluding hydrogens is 829 g/mol. The summed E-state index contributed by atoms with van der Waals surface area (Å²) in [7, 11) is 0. The fourth-order valence-corrected chi connectivity index (χ4v) is 8.09. The molecule has 0 saturated carbocycles. The lowest BCUT2D eigenvalue weighted by atomic mass is 10.0. The normalized spacial score (nSPS) is 12.5. The lowest BCUT2D eigenvalue weighted by Crippen LogP contribution is -2.30. The van der Waals surface area contributed by atoms with Crippen LogP contribution in [-0.2, 0) is 28.6 Å². The molecule has 0 aliphatic carbocycles. The molecule has 0 saturated heterocycles. The highest BCUT2D eigenvalue weighted by molar-refractivity contribution is 5.71. The Hall–Kier alpha value is -2.89. The highest BCUT2D eigenvalue weighted by atomic mass is 16.6. The van der Waals surface area contributed by atoms with E-state index in [1.165, 1.54) is 173 Å². The van der Waals surface area contributed by atoms with E-state index < -0.39 is 6.10 Å². The first kappa shape index (κ1) is 64.1. The summed E-state index contributed by atoms with van der Waals surface area (Å²) in [5.41, 5.74) is 0. The van der Waals surface area contributed by atoms with Crippen molar-refractivity contribution in [1.29, 1.82) is 0 Å². The molecule has 6 nitrogen and oxygen atoms in total. The van der Waals surface area contributed by atoms with Gasteiger partial charge in [-0.2, -0.15) is 0 Å². The van der Waals surface area contributed by atoms with Gasteiger partial charge in [0.25, 0.3) is 0 Å². The van der Waals surface area contributed by atoms with Crippen molar-refractivity contribution in [3.8, 4) is 0 Å². The van der Waals surface area contributed by atoms with Crippen molar-refractivity contribution in [2.75, 3.05) is 13.2 Å². The molecule has 0 spiro atoms. The maximum Gasteiger partial charge on any atom is 0.306 e. The van der Waals surface area contributed by atoms with E-state index in [1.54, 1.807) is 0 Å². The number of unbranched alkanes of at least 4 members (excludes halogenated alkanes) is 31. The van der Waals surface area contributed by atoms with Crippen LogP contribution in [0.1, 0.15) is 290 Å². The Morgan fingerprint density at radius 1 is 0.299 bits per heavy atom. The summed E-state index contributed by atoms with van der Waals surface area (Å²) in [6.07, 6.45) is 69.3. The van der Waals surface area contributed by atoms with Crippen molar-refractivity contribution in [2.45, 2.75) is 297 Å². The van der Waals surface area contributed by atoms with Crippen molar-refractivity contribution in [3.05, 3.63) is 60.8 Å². The number of esters is 3. The quantitative estimate of drug-likeness (QED) is 0.0262. The van der Waals surface area contributed by atoms with E-state index in [0.29, 0.717) is 19.3 Å². The van der Waals surface area contributed by atoms with Crippen LogP contribution in [0.25, 0.3) is 0 Å². The second kappa shape index (κ2) is 55.7. The molecule has 0 radical (unpaired) electrons. The maximum absolute atomic E-state index is 12.8. The summed E-state index contributed by atoms with van der Waals surface area (Å²) < 4.78 is 16.8. The Balaban J connectivity index is 4.37. The van der Waals surface area contributed by atoms with Crippen LogP contribution in [0.4, 0.5) is 0 Å². The number of carbonyl (C=O) groups excluding carboxylic acids is 3. The van der Waals surface area contributed by atoms with Crippen molar-refractivity contribution in [3.63, 3.8) is 0 Å². The van der Waals surface area contributed by atoms with Crippen LogP contribution in [0.5, 0.6) is 0 Å². The zero-order valence-corrected chi connectivity index (χ0v) is 44.4. The number of ether oxygens (including phenoxy) is 3. The zero-order chi connectivity index (χ0) is 48.6. The Morgan fingerprint density at radius 3 is 0.925 bits per heavy atom. The second-order valence-corrected chi connectivity index (χ2v) is 19.2. The third-order valence-electron chi connectivity index (χ3n) is 12.5. The van der Waals surface area contributed by atoms with Crippen molar-refractivity contribution in [2.24, 2.45) is 0 Å². The molecule has 0 aromatic carbocycles. The molecule has 0 aliphatic heterocycles. The molecule has 67 heavy (non-hydrogen) atoms. The fraction of sp³-hybridized carbons (Fsp3) is 0.787. The smallest absolute Gasteiger partial charge is 0.306 e. The van der Waals surface area contributed by atoms with Gasteiger partial charge in [-0.25, -0.2) is 0 Å². The van der Waals surface area contributed by atoms with Crippen LogP contribution in [0.15, 0.2) is 60.8 Å². The van der Waals surface area contributed by atoms with E-state index in [0.717, 1.165) is 70.6 Å². The molecule has 0 amide bonds. The molecule has 0 aromatic rings. The molecule has 0 heterocycles. The summed E-state index contributed by atoms with van der Waals surface area (Å²) in [5, 5.41) is 0. The second-order valence-electron chi connectivity index (χ2n) is 19.2. The number of carbonyl (C=O) groups is 3. The summed E-state index contributed by atoms with van der Waals surface area (Å²) in [4.78, 5) is 38.1. The van der Waals surface area contributed by atoms with Crippen molar-refractivity contribution >= 4 is 17.9 Å². The van der Waals surface area contributed by atoms with Gasteiger partial charge in [-0.15, -0.1) is 0 Å². The predicted molar refractivity (Wildman–Crippen MR) is 288 cm³/mol. The van der Waals surface area contributed by atoms with E-state index in [4.69, 9.17) is 14.2 Å². The van der Waals surface area contributed by atoms with E-state index in [2.05, 4.69) is 81.5 Å². The van der Waals surface area contributed by atoms with Gasteiger partial charge in [0.1, 0.15) is 13.2 Å². The molecule has 0 aromatic heterocycles. The summed E-state index contributed by atoms with van der Waals surface area (Å²) >= 11 is 0. The third-order valence-corrected chi connectivity index (χ3v) is 12.5. The van der Waals surface area contributed by atoms with Gasteiger partial charge in [0.05, 0.1) is 0 Å². The SMILES string of the molecule is CCCCC/C=C\C/C=C\C/C=C\CCCCC(=O)O[C@@H](COC(=O)CCCCCCC/C=C\CCCCCC)COC(=O)CCCCCCCCCCCCC/C=C\CCCCCCCC. The van der Waals surface area contributed by atoms with Crippen molar-refractivity contribution < 1.29 is 28.6 Å². The van der Waals surface area contributed by atoms with Gasteiger partial charge in [0, 0.05) is 19.3 Å². The van der Waals surface area contributed by atoms with Gasteiger partial charge >= 0.3 is 17.9 Å². The Bertz CT molecular complexity index is 1210. The summed E-state index contributed by atoms with van der Waals surface area (Å²) in [6.45, 7) is 6.57. The maximum atomic E-state index is 12.8. The minimum absolute atomic E-state index is 0.0914. The van der Waals surface area contributed by atoms with Crippen LogP contribution in [0.3, 0.4) is 0 Å². The van der Waals surface area contributed by atoms with Gasteiger partial charge in [-0.1, -0.05) is 223 Å². The zero-order valence-electron chi connectivity index (χ0n) is 44.4. The van der Waals surface area contributed by atoms with E-state index >= 15 is 0 Å². The molecule has 0 rings (SSSR count). The monoisotopic (exact) mass is 937 g/mol. The summed E-state index contributed by atoms with van der Waals surface area (Å²) in [5.74, 6) is -0.931. The molecule has 388 valence electrons. The number of hydrogen-bond donors (Lipinski definition) is 0. The number of rotatable bonds is 52. The Kier molecular flexibility index (Phi) is 53.3. The molecule has 6 heteroatoms. The Labute approximate surface area is 415 Å². The van der Waals surface area contributed by atoms with Crippen LogP contribution in [0.2, 0.25) is 0 Å². The van der Waals surface area contributed by atoms with Gasteiger partial charge in [0.2, 0.25) is 0 Å². The summed E-state index contributed by atoms with van der Waals surface area (Å²) in [6, 6.07) is 0. The molecule has 0 N–H and O–H groups in total. The van der Waals surface area contributed by atoms with Crippen molar-refractivity contribution in [1.82, 2.24) is 0 Å². The molecule has 0 bridgehead atoms. The fourth-order valence-electron chi connectivity index (χ4n) is 8.09. The predicted octanol–water partition coefficient (Wildman–Crippen LogP) is 19.2. The standard InChI is InChI=1S/C61H108O6/c1-4-7-10-13-16-19-22-25-27-28-29-30-31-32-34-36-39-42-45-48-51-54-60(63)66-57-58(56-65-59(62)53-50-47-44-41-38-35-24-21-18-15-12-9-6-3)67-61(64)55-52-49-46-43-40-37-33-26-23-20-17-14-11-8-5-2/h17,20-21,24-27,33,40,43,58H,4-16,18-19,22-23,28-32,34-39,41-42,44-57H2,1-3H3/b20-17-,24-21-,27-25-,33-26-,43-40-/t58-/m0/s1. The first-order chi connectivity index (χ1) is 33.0. The molecule has 0 unspecified atom stereocenters. The average Bonchev–Trinajstić information content (AvgIpc) is 3.33. The molecule has 0 aliphatic rings. The largest absolute Gasteiger partial charge is 0.462 e. The van der Waals surface area contributed by atoms with Gasteiger partial charge in [-0.3, -0.25) is 14.4 Å². The highest BCUT2D eigenvalue weighted by Gasteiger charge is 2.19. The number of hydrogen-bond acceptors (Lipinski definition) is 6. The third kappa shape index (κ3) is 53.9. The lowest BCUT2D eigenvalue weighted by Gasteiger charge is -2.18. The first-order valence-corrected chi connectivity index (χ1v) is 28.8. The van der Waals surface area contributed by atoms with Crippen LogP contribution in [0, 0.1) is 0 Å². The van der Waals surface area contributed by atoms with E-state index in [9.17, 15) is 14.4 Å². The van der Waals surface area contributed by atoms with E-state index in [-0.39, 0.29) is 37.5 Å². The average molecular weight is 938 g/mol. The molecule has 0 fully saturated rings. The van der Waals surface area contributed by atoms with E-state index in [1.807, 2.05) is 0 Å². The number of allylic oxidation sites excluding steroid dienone is 10. The van der Waals surface area contributed by atoms with Crippen LogP contribution in [-0.4, -0.2) is 37.2 Å². The highest BCUT2D eigenvalue weighted by Crippen LogP contribution is 2.15. The topological polar surface area (TPSA) is 78.9 Å². The minimum atomic E-state index is -0.797. The first-order valence-electron chi connectivity index (χ1n) is 28.8. The lowest BCUT2D eigenvalue weighted by molar-refractivity contribution is -0.167. The van der Waals surface area contributed by atoms with Gasteiger partial charge in [-0.05, 0) is 109 Å². The Morgan fingerprint density at radius 2 is 0.537 bits per heavy atom. The molecule has 1 atom stereocenters. The van der Waals surface area contributed by atoms with Crippen LogP contribution >= 0.6 is 0 Å². The van der Waals surface area contributed by atoms with Gasteiger partial charge < -0.3 is 14.2 Å².